The molecule has 60 heavy (non-hydrogen) atoms. The minimum absolute atomic E-state index is 0.0669. The summed E-state index contributed by atoms with van der Waals surface area (Å²) in [4.78, 5) is 46.0. The van der Waals surface area contributed by atoms with E-state index < -0.39 is 57.7 Å². The number of aliphatic carboxylic acids is 1. The second kappa shape index (κ2) is 41.6. The lowest BCUT2D eigenvalue weighted by atomic mass is 10.1. The normalized spacial score (nSPS) is 14.9. The Morgan fingerprint density at radius 3 is 1.33 bits per heavy atom. The molecule has 4 N–H and O–H groups in total. The first-order valence-electron chi connectivity index (χ1n) is 21.6. The van der Waals surface area contributed by atoms with Crippen LogP contribution in [-0.2, 0) is 37.5 Å². The first kappa shape index (κ1) is 55.9. The molecular formula is C48H74NO10P. The molecule has 0 radical (unpaired) electrons. The Morgan fingerprint density at radius 1 is 0.517 bits per heavy atom. The molecule has 0 heterocycles. The Morgan fingerprint density at radius 2 is 0.900 bits per heavy atom. The maximum absolute atomic E-state index is 12.6. The highest BCUT2D eigenvalue weighted by molar-refractivity contribution is 7.47. The van der Waals surface area contributed by atoms with Crippen molar-refractivity contribution in [1.29, 1.82) is 0 Å². The van der Waals surface area contributed by atoms with Crippen molar-refractivity contribution in [3.05, 3.63) is 122 Å². The lowest BCUT2D eigenvalue weighted by Crippen LogP contribution is -2.34. The minimum atomic E-state index is -4.75. The average molecular weight is 856 g/mol. The zero-order valence-corrected chi connectivity index (χ0v) is 37.1. The summed E-state index contributed by atoms with van der Waals surface area (Å²) in [5.41, 5.74) is 5.33. The van der Waals surface area contributed by atoms with Gasteiger partial charge in [0, 0.05) is 12.8 Å². The largest absolute Gasteiger partial charge is 0.480 e. The fourth-order valence-electron chi connectivity index (χ4n) is 4.89. The van der Waals surface area contributed by atoms with Gasteiger partial charge in [0.2, 0.25) is 0 Å². The Labute approximate surface area is 360 Å². The van der Waals surface area contributed by atoms with Gasteiger partial charge in [-0.2, -0.15) is 0 Å². The molecule has 0 aromatic rings. The van der Waals surface area contributed by atoms with Crippen LogP contribution in [0.3, 0.4) is 0 Å². The molecule has 0 aliphatic rings. The van der Waals surface area contributed by atoms with Crippen molar-refractivity contribution in [2.24, 2.45) is 5.73 Å². The maximum Gasteiger partial charge on any atom is 0.472 e. The minimum Gasteiger partial charge on any atom is -0.480 e. The van der Waals surface area contributed by atoms with Crippen LogP contribution in [0.2, 0.25) is 0 Å². The molecule has 11 nitrogen and oxygen atoms in total. The van der Waals surface area contributed by atoms with Crippen LogP contribution in [0.25, 0.3) is 0 Å². The smallest absolute Gasteiger partial charge is 0.472 e. The van der Waals surface area contributed by atoms with Crippen molar-refractivity contribution < 1.29 is 47.5 Å². The average Bonchev–Trinajstić information content (AvgIpc) is 3.22. The van der Waals surface area contributed by atoms with Crippen LogP contribution in [0.4, 0.5) is 0 Å². The van der Waals surface area contributed by atoms with E-state index in [1.54, 1.807) is 0 Å². The van der Waals surface area contributed by atoms with Gasteiger partial charge in [0.25, 0.3) is 0 Å². The molecule has 12 heteroatoms. The number of allylic oxidation sites excluding steroid dienone is 20. The molecule has 0 aliphatic carbocycles. The van der Waals surface area contributed by atoms with Gasteiger partial charge in [0.15, 0.2) is 6.10 Å². The van der Waals surface area contributed by atoms with Gasteiger partial charge >= 0.3 is 25.7 Å². The lowest BCUT2D eigenvalue weighted by molar-refractivity contribution is -0.161. The van der Waals surface area contributed by atoms with E-state index in [1.807, 2.05) is 12.2 Å². The van der Waals surface area contributed by atoms with Crippen molar-refractivity contribution in [3.63, 3.8) is 0 Å². The summed E-state index contributed by atoms with van der Waals surface area (Å²) < 4.78 is 32.6. The molecule has 0 saturated heterocycles. The number of hydrogen-bond acceptors (Lipinski definition) is 9. The number of ether oxygens (including phenoxy) is 2. The molecule has 0 aromatic carbocycles. The number of carboxylic acid groups (broad SMARTS) is 1. The highest BCUT2D eigenvalue weighted by Gasteiger charge is 2.28. The molecular weight excluding hydrogens is 781 g/mol. The maximum atomic E-state index is 12.6. The number of esters is 2. The summed E-state index contributed by atoms with van der Waals surface area (Å²) >= 11 is 0. The fourth-order valence-corrected chi connectivity index (χ4v) is 5.67. The van der Waals surface area contributed by atoms with E-state index in [4.69, 9.17) is 24.8 Å². The van der Waals surface area contributed by atoms with Gasteiger partial charge < -0.3 is 25.2 Å². The molecule has 0 aromatic heterocycles. The standard InChI is InChI=1S/C48H74NO10P/c1-3-5-7-9-11-13-15-17-19-21-22-24-25-27-29-31-33-35-37-39-46(50)56-41-44(42-57-60(54,55)58-43-45(49)48(52)53)59-47(51)40-38-36-34-32-30-28-26-23-20-18-16-14-12-10-8-6-4-2/h5-8,11-14,17-20,22,24,26-29,32,34,44-45H,3-4,9-10,15-16,21,23,25,30-31,33,35-43,49H2,1-2H3,(H,52,53)(H,54,55)/b7-5-,8-6-,13-11-,14-12-,19-17-,20-18-,24-22-,28-26-,29-27-,34-32-/t44-,45+/m1/s1. The van der Waals surface area contributed by atoms with Gasteiger partial charge in [-0.15, -0.1) is 0 Å². The van der Waals surface area contributed by atoms with E-state index >= 15 is 0 Å². The molecule has 0 spiro atoms. The monoisotopic (exact) mass is 856 g/mol. The Kier molecular flexibility index (Phi) is 38.8. The van der Waals surface area contributed by atoms with Crippen LogP contribution < -0.4 is 5.73 Å². The summed E-state index contributed by atoms with van der Waals surface area (Å²) in [7, 11) is -4.75. The van der Waals surface area contributed by atoms with Gasteiger partial charge in [-0.25, -0.2) is 4.57 Å². The predicted molar refractivity (Wildman–Crippen MR) is 244 cm³/mol. The topological polar surface area (TPSA) is 172 Å². The van der Waals surface area contributed by atoms with E-state index in [9.17, 15) is 23.8 Å². The highest BCUT2D eigenvalue weighted by atomic mass is 31.2. The van der Waals surface area contributed by atoms with Crippen molar-refractivity contribution >= 4 is 25.7 Å². The van der Waals surface area contributed by atoms with Crippen molar-refractivity contribution in [2.75, 3.05) is 19.8 Å². The Hall–Kier alpha value is -4.12. The molecule has 0 aliphatic heterocycles. The lowest BCUT2D eigenvalue weighted by Gasteiger charge is -2.20. The van der Waals surface area contributed by atoms with Gasteiger partial charge in [0.1, 0.15) is 12.6 Å². The van der Waals surface area contributed by atoms with Crippen LogP contribution in [0, 0.1) is 0 Å². The second-order valence-electron chi connectivity index (χ2n) is 13.7. The van der Waals surface area contributed by atoms with Crippen molar-refractivity contribution in [3.8, 4) is 0 Å². The van der Waals surface area contributed by atoms with Gasteiger partial charge in [-0.1, -0.05) is 142 Å². The highest BCUT2D eigenvalue weighted by Crippen LogP contribution is 2.43. The molecule has 0 rings (SSSR count). The fraction of sp³-hybridized carbons (Fsp3) is 0.521. The Bertz CT molecular complexity index is 1470. The number of unbranched alkanes of at least 4 members (excludes halogenated alkanes) is 4. The van der Waals surface area contributed by atoms with Gasteiger partial charge in [0.05, 0.1) is 13.2 Å². The van der Waals surface area contributed by atoms with Crippen LogP contribution in [0.1, 0.15) is 129 Å². The third-order valence-corrected chi connectivity index (χ3v) is 9.16. The summed E-state index contributed by atoms with van der Waals surface area (Å²) in [6.07, 6.45) is 55.6. The first-order valence-corrected chi connectivity index (χ1v) is 23.1. The van der Waals surface area contributed by atoms with E-state index in [0.29, 0.717) is 19.3 Å². The first-order chi connectivity index (χ1) is 29.1. The summed E-state index contributed by atoms with van der Waals surface area (Å²) in [6.45, 7) is 2.45. The second-order valence-corrected chi connectivity index (χ2v) is 15.2. The number of phosphoric acid groups is 1. The predicted octanol–water partition coefficient (Wildman–Crippen LogP) is 11.6. The van der Waals surface area contributed by atoms with E-state index in [1.165, 1.54) is 0 Å². The third kappa shape index (κ3) is 40.7. The van der Waals surface area contributed by atoms with Crippen LogP contribution in [0.5, 0.6) is 0 Å². The van der Waals surface area contributed by atoms with Crippen LogP contribution in [-0.4, -0.2) is 59.9 Å². The van der Waals surface area contributed by atoms with Crippen molar-refractivity contribution in [1.82, 2.24) is 0 Å². The van der Waals surface area contributed by atoms with Gasteiger partial charge in [-0.05, 0) is 96.3 Å². The van der Waals surface area contributed by atoms with Crippen molar-refractivity contribution in [2.45, 2.75) is 142 Å². The van der Waals surface area contributed by atoms with Crippen LogP contribution >= 0.6 is 7.82 Å². The number of hydrogen-bond donors (Lipinski definition) is 3. The number of carboxylic acids is 1. The number of phosphoric ester groups is 1. The molecule has 1 unspecified atom stereocenters. The number of carbonyl (C=O) groups is 3. The molecule has 336 valence electrons. The zero-order valence-electron chi connectivity index (χ0n) is 36.2. The summed E-state index contributed by atoms with van der Waals surface area (Å²) in [5.74, 6) is -2.52. The molecule has 0 fully saturated rings. The van der Waals surface area contributed by atoms with Gasteiger partial charge in [-0.3, -0.25) is 23.4 Å². The van der Waals surface area contributed by atoms with E-state index in [-0.39, 0.29) is 12.8 Å². The van der Waals surface area contributed by atoms with E-state index in [0.717, 1.165) is 83.5 Å². The Balaban J connectivity index is 4.55. The molecule has 0 saturated carbocycles. The molecule has 3 atom stereocenters. The SMILES string of the molecule is CC/C=C\C/C=C\C/C=C\C/C=C\C/C=C\CCCCCC(=O)OC[C@H](COP(=O)(O)OC[C@H](N)C(=O)O)OC(=O)CCC/C=C\C/C=C\C/C=C\C/C=C\C/C=C\CC. The third-order valence-electron chi connectivity index (χ3n) is 8.21. The number of nitrogens with two attached hydrogens (primary N) is 1. The number of rotatable bonds is 38. The summed E-state index contributed by atoms with van der Waals surface area (Å²) in [5, 5.41) is 8.89. The summed E-state index contributed by atoms with van der Waals surface area (Å²) in [6, 6.07) is -1.54. The quantitative estimate of drug-likeness (QED) is 0.0233. The van der Waals surface area contributed by atoms with Crippen LogP contribution in [0.15, 0.2) is 122 Å². The number of carbonyl (C=O) groups excluding carboxylic acids is 2. The zero-order chi connectivity index (χ0) is 44.2. The van der Waals surface area contributed by atoms with E-state index in [2.05, 4.69) is 128 Å². The molecule has 0 amide bonds. The molecule has 0 bridgehead atoms.